The van der Waals surface area contributed by atoms with E-state index < -0.39 is 36.2 Å². The molecule has 0 saturated carbocycles. The Kier molecular flexibility index (Phi) is 4.63. The maximum Gasteiger partial charge on any atom is 0.338 e. The van der Waals surface area contributed by atoms with Crippen LogP contribution >= 0.6 is 0 Å². The fraction of sp³-hybridized carbons (Fsp3) is 0.533. The van der Waals surface area contributed by atoms with Crippen molar-refractivity contribution in [3.63, 3.8) is 0 Å². The highest BCUT2D eigenvalue weighted by atomic mass is 16.7. The molecule has 3 unspecified atom stereocenters. The first-order chi connectivity index (χ1) is 9.87. The highest BCUT2D eigenvalue weighted by Crippen LogP contribution is 2.33. The molecule has 0 spiro atoms. The van der Waals surface area contributed by atoms with Gasteiger partial charge >= 0.3 is 5.97 Å². The van der Waals surface area contributed by atoms with Crippen molar-refractivity contribution >= 4 is 5.97 Å². The molecule has 1 aromatic carbocycles. The van der Waals surface area contributed by atoms with Crippen molar-refractivity contribution in [2.45, 2.75) is 44.1 Å². The van der Waals surface area contributed by atoms with Gasteiger partial charge in [0.05, 0.1) is 5.56 Å². The third-order valence-electron chi connectivity index (χ3n) is 3.65. The summed E-state index contributed by atoms with van der Waals surface area (Å²) in [6, 6.07) is 8.52. The van der Waals surface area contributed by atoms with Gasteiger partial charge in [0.2, 0.25) is 0 Å². The van der Waals surface area contributed by atoms with Crippen molar-refractivity contribution in [2.75, 3.05) is 7.11 Å². The van der Waals surface area contributed by atoms with Gasteiger partial charge in [-0.3, -0.25) is 0 Å². The Balaban J connectivity index is 2.04. The van der Waals surface area contributed by atoms with Gasteiger partial charge in [0.25, 0.3) is 0 Å². The Morgan fingerprint density at radius 2 is 2.00 bits per heavy atom. The predicted molar refractivity (Wildman–Crippen MR) is 73.6 cm³/mol. The van der Waals surface area contributed by atoms with Crippen molar-refractivity contribution in [1.82, 2.24) is 0 Å². The van der Waals surface area contributed by atoms with Gasteiger partial charge in [-0.15, -0.1) is 0 Å². The van der Waals surface area contributed by atoms with Gasteiger partial charge in [-0.1, -0.05) is 18.2 Å². The van der Waals surface area contributed by atoms with Crippen molar-refractivity contribution in [2.24, 2.45) is 0 Å². The fourth-order valence-corrected chi connectivity index (χ4v) is 2.37. The maximum absolute atomic E-state index is 12.0. The Hall–Kier alpha value is -1.47. The number of rotatable bonds is 4. The van der Waals surface area contributed by atoms with Gasteiger partial charge in [0.15, 0.2) is 6.29 Å². The monoisotopic (exact) mass is 296 g/mol. The fourth-order valence-electron chi connectivity index (χ4n) is 2.37. The number of hydrogen-bond donors (Lipinski definition) is 2. The first kappa shape index (κ1) is 15.9. The molecule has 0 radical (unpaired) electrons. The third-order valence-corrected chi connectivity index (χ3v) is 3.65. The molecular formula is C15H20O6. The number of esters is 1. The summed E-state index contributed by atoms with van der Waals surface area (Å²) >= 11 is 0. The van der Waals surface area contributed by atoms with Crippen LogP contribution in [-0.4, -0.2) is 53.5 Å². The number of aliphatic hydroxyl groups is 2. The van der Waals surface area contributed by atoms with Crippen LogP contribution in [0.5, 0.6) is 0 Å². The molecule has 1 aliphatic rings. The van der Waals surface area contributed by atoms with Crippen LogP contribution in [0.4, 0.5) is 0 Å². The van der Waals surface area contributed by atoms with Gasteiger partial charge in [-0.05, 0) is 26.0 Å². The van der Waals surface area contributed by atoms with Crippen molar-refractivity contribution in [3.05, 3.63) is 35.9 Å². The Morgan fingerprint density at radius 3 is 2.52 bits per heavy atom. The first-order valence-electron chi connectivity index (χ1n) is 6.72. The van der Waals surface area contributed by atoms with Crippen LogP contribution in [0.25, 0.3) is 0 Å². The highest BCUT2D eigenvalue weighted by molar-refractivity contribution is 5.89. The van der Waals surface area contributed by atoms with E-state index in [0.29, 0.717) is 5.56 Å². The van der Waals surface area contributed by atoms with E-state index in [0.717, 1.165) is 0 Å². The molecule has 2 N–H and O–H groups in total. The van der Waals surface area contributed by atoms with Gasteiger partial charge in [0, 0.05) is 7.11 Å². The smallest absolute Gasteiger partial charge is 0.338 e. The summed E-state index contributed by atoms with van der Waals surface area (Å²) in [6.07, 6.45) is -3.80. The largest absolute Gasteiger partial charge is 0.456 e. The predicted octanol–water partition coefficient (Wildman–Crippen LogP) is 0.715. The quantitative estimate of drug-likeness (QED) is 0.796. The van der Waals surface area contributed by atoms with Crippen LogP contribution in [0.3, 0.4) is 0 Å². The number of carbonyl (C=O) groups is 1. The third kappa shape index (κ3) is 3.08. The molecule has 1 heterocycles. The molecule has 2 rings (SSSR count). The standard InChI is InChI=1S/C15H20O6/c1-9(20-13(17)10-7-5-4-6-8-10)11-12(16)15(2,18)14(19-3)21-11/h4-9,11-12,14,16,18H,1-3H3/t9?,11-,12?,14-,15?/m1/s1. The molecule has 5 atom stereocenters. The molecule has 0 aromatic heterocycles. The molecule has 6 heteroatoms. The number of aliphatic hydroxyl groups excluding tert-OH is 1. The van der Waals surface area contributed by atoms with E-state index in [1.807, 2.05) is 0 Å². The second-order valence-electron chi connectivity index (χ2n) is 5.32. The molecule has 21 heavy (non-hydrogen) atoms. The summed E-state index contributed by atoms with van der Waals surface area (Å²) in [4.78, 5) is 12.0. The second-order valence-corrected chi connectivity index (χ2v) is 5.32. The lowest BCUT2D eigenvalue weighted by atomic mass is 9.95. The molecule has 0 aliphatic carbocycles. The molecular weight excluding hydrogens is 276 g/mol. The zero-order chi connectivity index (χ0) is 15.6. The molecule has 1 aliphatic heterocycles. The topological polar surface area (TPSA) is 85.2 Å². The van der Waals surface area contributed by atoms with E-state index in [4.69, 9.17) is 14.2 Å². The van der Waals surface area contributed by atoms with Crippen LogP contribution in [0, 0.1) is 0 Å². The first-order valence-corrected chi connectivity index (χ1v) is 6.72. The number of carbonyl (C=O) groups excluding carboxylic acids is 1. The average Bonchev–Trinajstić information content (AvgIpc) is 2.70. The van der Waals surface area contributed by atoms with Crippen molar-refractivity contribution in [1.29, 1.82) is 0 Å². The lowest BCUT2D eigenvalue weighted by Gasteiger charge is -2.26. The van der Waals surface area contributed by atoms with E-state index in [1.165, 1.54) is 14.0 Å². The SMILES string of the molecule is CO[C@@H]1O[C@H](C(C)OC(=O)c2ccccc2)C(O)C1(C)O. The lowest BCUT2D eigenvalue weighted by Crippen LogP contribution is -2.48. The van der Waals surface area contributed by atoms with Crippen molar-refractivity contribution < 1.29 is 29.2 Å². The van der Waals surface area contributed by atoms with E-state index in [9.17, 15) is 15.0 Å². The second kappa shape index (κ2) is 6.11. The van der Waals surface area contributed by atoms with E-state index in [-0.39, 0.29) is 0 Å². The normalized spacial score (nSPS) is 33.7. The summed E-state index contributed by atoms with van der Waals surface area (Å²) in [5.41, 5.74) is -1.15. The average molecular weight is 296 g/mol. The number of ether oxygens (including phenoxy) is 3. The molecule has 1 aromatic rings. The zero-order valence-electron chi connectivity index (χ0n) is 12.2. The Bertz CT molecular complexity index is 486. The zero-order valence-corrected chi connectivity index (χ0v) is 12.2. The molecule has 116 valence electrons. The Labute approximate surface area is 123 Å². The van der Waals surface area contributed by atoms with Gasteiger partial charge < -0.3 is 24.4 Å². The summed E-state index contributed by atoms with van der Waals surface area (Å²) in [7, 11) is 1.37. The molecule has 0 amide bonds. The van der Waals surface area contributed by atoms with Gasteiger partial charge in [-0.2, -0.15) is 0 Å². The summed E-state index contributed by atoms with van der Waals surface area (Å²) in [5.74, 6) is -0.514. The number of methoxy groups -OCH3 is 1. The molecule has 6 nitrogen and oxygen atoms in total. The van der Waals surface area contributed by atoms with Crippen LogP contribution in [0.1, 0.15) is 24.2 Å². The van der Waals surface area contributed by atoms with Crippen LogP contribution in [0.15, 0.2) is 30.3 Å². The van der Waals surface area contributed by atoms with Gasteiger partial charge in [0.1, 0.15) is 23.9 Å². The van der Waals surface area contributed by atoms with Crippen LogP contribution < -0.4 is 0 Å². The summed E-state index contributed by atoms with van der Waals surface area (Å²) < 4.78 is 15.7. The molecule has 1 saturated heterocycles. The number of benzene rings is 1. The van der Waals surface area contributed by atoms with Crippen LogP contribution in [0.2, 0.25) is 0 Å². The van der Waals surface area contributed by atoms with Crippen molar-refractivity contribution in [3.8, 4) is 0 Å². The number of hydrogen-bond acceptors (Lipinski definition) is 6. The minimum absolute atomic E-state index is 0.409. The summed E-state index contributed by atoms with van der Waals surface area (Å²) in [6.45, 7) is 3.01. The van der Waals surface area contributed by atoms with Gasteiger partial charge in [-0.25, -0.2) is 4.79 Å². The maximum atomic E-state index is 12.0. The lowest BCUT2D eigenvalue weighted by molar-refractivity contribution is -0.190. The minimum atomic E-state index is -1.56. The Morgan fingerprint density at radius 1 is 1.38 bits per heavy atom. The van der Waals surface area contributed by atoms with E-state index in [2.05, 4.69) is 0 Å². The van der Waals surface area contributed by atoms with Crippen LogP contribution in [-0.2, 0) is 14.2 Å². The van der Waals surface area contributed by atoms with E-state index in [1.54, 1.807) is 37.3 Å². The molecule has 1 fully saturated rings. The summed E-state index contributed by atoms with van der Waals surface area (Å²) in [5, 5.41) is 20.3. The highest BCUT2D eigenvalue weighted by Gasteiger charge is 2.54. The molecule has 0 bridgehead atoms. The van der Waals surface area contributed by atoms with E-state index >= 15 is 0 Å². The minimum Gasteiger partial charge on any atom is -0.456 e.